The number of carbonyl (C=O) groups excluding carboxylic acids is 1. The number of aromatic nitrogens is 1. The first-order valence-corrected chi connectivity index (χ1v) is 6.55. The minimum absolute atomic E-state index is 0.0371. The molecule has 1 unspecified atom stereocenters. The third-order valence-electron chi connectivity index (χ3n) is 3.05. The summed E-state index contributed by atoms with van der Waals surface area (Å²) >= 11 is 1.61. The lowest BCUT2D eigenvalue weighted by Gasteiger charge is -2.07. The monoisotopic (exact) mass is 238 g/mol. The third kappa shape index (κ3) is 1.85. The fourth-order valence-electron chi connectivity index (χ4n) is 2.21. The maximum atomic E-state index is 11.8. The molecule has 4 nitrogen and oxygen atoms in total. The van der Waals surface area contributed by atoms with Gasteiger partial charge in [-0.05, 0) is 32.1 Å². The fraction of sp³-hybridized carbons (Fsp3) is 0.636. The van der Waals surface area contributed by atoms with Gasteiger partial charge in [-0.1, -0.05) is 0 Å². The van der Waals surface area contributed by atoms with E-state index < -0.39 is 0 Å². The molecule has 1 saturated heterocycles. The van der Waals surface area contributed by atoms with Crippen LogP contribution in [0.25, 0.3) is 0 Å². The second-order valence-electron chi connectivity index (χ2n) is 4.23. The van der Waals surface area contributed by atoms with E-state index in [4.69, 9.17) is 4.74 Å². The number of rotatable bonds is 2. The largest absolute Gasteiger partial charge is 0.368 e. The van der Waals surface area contributed by atoms with Gasteiger partial charge in [-0.25, -0.2) is 4.98 Å². The molecule has 2 heterocycles. The lowest BCUT2D eigenvalue weighted by molar-refractivity contribution is -0.124. The summed E-state index contributed by atoms with van der Waals surface area (Å²) in [4.78, 5) is 17.5. The van der Waals surface area contributed by atoms with Gasteiger partial charge >= 0.3 is 0 Å². The lowest BCUT2D eigenvalue weighted by atomic mass is 10.2. The summed E-state index contributed by atoms with van der Waals surface area (Å²) in [7, 11) is 0. The van der Waals surface area contributed by atoms with Crippen LogP contribution in [0, 0.1) is 0 Å². The van der Waals surface area contributed by atoms with Crippen LogP contribution >= 0.6 is 11.3 Å². The van der Waals surface area contributed by atoms with Crippen LogP contribution in [0.4, 0.5) is 5.13 Å². The van der Waals surface area contributed by atoms with Crippen LogP contribution in [0.2, 0.25) is 0 Å². The number of thiazole rings is 1. The van der Waals surface area contributed by atoms with Crippen LogP contribution in [0.5, 0.6) is 0 Å². The van der Waals surface area contributed by atoms with Crippen LogP contribution in [-0.2, 0) is 22.4 Å². The predicted molar refractivity (Wildman–Crippen MR) is 61.7 cm³/mol. The summed E-state index contributed by atoms with van der Waals surface area (Å²) in [5, 5.41) is 3.60. The van der Waals surface area contributed by atoms with Crippen molar-refractivity contribution in [2.45, 2.75) is 38.2 Å². The van der Waals surface area contributed by atoms with E-state index in [0.717, 1.165) is 30.8 Å². The number of nitrogens with zero attached hydrogens (tertiary/aromatic N) is 1. The fourth-order valence-corrected chi connectivity index (χ4v) is 3.27. The molecule has 1 aromatic rings. The molecule has 1 fully saturated rings. The highest BCUT2D eigenvalue weighted by atomic mass is 32.1. The van der Waals surface area contributed by atoms with E-state index in [1.165, 1.54) is 17.0 Å². The molecule has 5 heteroatoms. The summed E-state index contributed by atoms with van der Waals surface area (Å²) in [5.74, 6) is -0.0371. The molecule has 0 saturated carbocycles. The zero-order valence-corrected chi connectivity index (χ0v) is 9.81. The van der Waals surface area contributed by atoms with Crippen molar-refractivity contribution in [1.29, 1.82) is 0 Å². The standard InChI is InChI=1S/C11H14N2O2S/c14-10(8-4-2-6-15-8)13-11-12-7-3-1-5-9(7)16-11/h8H,1-6H2,(H,12,13,14). The molecule has 3 rings (SSSR count). The van der Waals surface area contributed by atoms with Crippen molar-refractivity contribution in [3.8, 4) is 0 Å². The number of hydrogen-bond donors (Lipinski definition) is 1. The van der Waals surface area contributed by atoms with Gasteiger partial charge in [0.15, 0.2) is 5.13 Å². The Morgan fingerprint density at radius 1 is 1.44 bits per heavy atom. The van der Waals surface area contributed by atoms with Crippen LogP contribution in [0.15, 0.2) is 0 Å². The molecule has 1 aromatic heterocycles. The molecule has 16 heavy (non-hydrogen) atoms. The highest BCUT2D eigenvalue weighted by molar-refractivity contribution is 7.15. The molecule has 2 aliphatic rings. The van der Waals surface area contributed by atoms with Crippen LogP contribution in [0.3, 0.4) is 0 Å². The van der Waals surface area contributed by atoms with Gasteiger partial charge < -0.3 is 4.74 Å². The van der Waals surface area contributed by atoms with Crippen molar-refractivity contribution in [2.75, 3.05) is 11.9 Å². The minimum Gasteiger partial charge on any atom is -0.368 e. The van der Waals surface area contributed by atoms with Gasteiger partial charge in [-0.2, -0.15) is 0 Å². The topological polar surface area (TPSA) is 51.2 Å². The number of nitrogens with one attached hydrogen (secondary N) is 1. The van der Waals surface area contributed by atoms with Crippen LogP contribution < -0.4 is 5.32 Å². The number of carbonyl (C=O) groups is 1. The molecular weight excluding hydrogens is 224 g/mol. The van der Waals surface area contributed by atoms with Crippen molar-refractivity contribution >= 4 is 22.4 Å². The highest BCUT2D eigenvalue weighted by Crippen LogP contribution is 2.30. The number of amides is 1. The van der Waals surface area contributed by atoms with Gasteiger partial charge in [0, 0.05) is 11.5 Å². The van der Waals surface area contributed by atoms with Crippen molar-refractivity contribution in [3.05, 3.63) is 10.6 Å². The molecule has 1 atom stereocenters. The molecule has 1 amide bonds. The van der Waals surface area contributed by atoms with E-state index in [1.54, 1.807) is 11.3 Å². The van der Waals surface area contributed by atoms with Gasteiger partial charge in [0.1, 0.15) is 6.10 Å². The summed E-state index contributed by atoms with van der Waals surface area (Å²) in [6.45, 7) is 0.701. The summed E-state index contributed by atoms with van der Waals surface area (Å²) in [5.41, 5.74) is 1.17. The molecule has 1 N–H and O–H groups in total. The first-order chi connectivity index (χ1) is 7.83. The highest BCUT2D eigenvalue weighted by Gasteiger charge is 2.25. The zero-order chi connectivity index (χ0) is 11.0. The molecule has 1 aliphatic heterocycles. The van der Waals surface area contributed by atoms with Gasteiger partial charge in [0.2, 0.25) is 0 Å². The van der Waals surface area contributed by atoms with E-state index in [-0.39, 0.29) is 12.0 Å². The van der Waals surface area contributed by atoms with Crippen LogP contribution in [-0.4, -0.2) is 23.6 Å². The molecule has 1 aliphatic carbocycles. The molecule has 0 spiro atoms. The van der Waals surface area contributed by atoms with E-state index in [2.05, 4.69) is 10.3 Å². The first kappa shape index (κ1) is 10.2. The summed E-state index contributed by atoms with van der Waals surface area (Å²) < 4.78 is 5.33. The molecule has 86 valence electrons. The Morgan fingerprint density at radius 3 is 3.12 bits per heavy atom. The Morgan fingerprint density at radius 2 is 2.38 bits per heavy atom. The van der Waals surface area contributed by atoms with Crippen molar-refractivity contribution in [1.82, 2.24) is 4.98 Å². The van der Waals surface area contributed by atoms with E-state index >= 15 is 0 Å². The second-order valence-corrected chi connectivity index (χ2v) is 5.32. The average Bonchev–Trinajstić information content (AvgIpc) is 2.91. The van der Waals surface area contributed by atoms with Gasteiger partial charge in [0.05, 0.1) is 5.69 Å². The second kappa shape index (κ2) is 4.14. The number of ether oxygens (including phenoxy) is 1. The maximum absolute atomic E-state index is 11.8. The van der Waals surface area contributed by atoms with Gasteiger partial charge in [0.25, 0.3) is 5.91 Å². The van der Waals surface area contributed by atoms with Gasteiger partial charge in [-0.15, -0.1) is 11.3 Å². The quantitative estimate of drug-likeness (QED) is 0.854. The Labute approximate surface area is 98.0 Å². The number of anilines is 1. The van der Waals surface area contributed by atoms with Crippen molar-refractivity contribution < 1.29 is 9.53 Å². The Kier molecular flexibility index (Phi) is 2.65. The summed E-state index contributed by atoms with van der Waals surface area (Å²) in [6.07, 6.45) is 4.92. The first-order valence-electron chi connectivity index (χ1n) is 5.74. The van der Waals surface area contributed by atoms with E-state index in [0.29, 0.717) is 6.61 Å². The van der Waals surface area contributed by atoms with Crippen molar-refractivity contribution in [3.63, 3.8) is 0 Å². The average molecular weight is 238 g/mol. The number of hydrogen-bond acceptors (Lipinski definition) is 4. The predicted octanol–water partition coefficient (Wildman–Crippen LogP) is 1.75. The zero-order valence-electron chi connectivity index (χ0n) is 8.99. The third-order valence-corrected chi connectivity index (χ3v) is 4.12. The lowest BCUT2D eigenvalue weighted by Crippen LogP contribution is -2.26. The number of fused-ring (bicyclic) bond motifs is 1. The summed E-state index contributed by atoms with van der Waals surface area (Å²) in [6, 6.07) is 0. The van der Waals surface area contributed by atoms with E-state index in [9.17, 15) is 4.79 Å². The van der Waals surface area contributed by atoms with E-state index in [1.807, 2.05) is 0 Å². The van der Waals surface area contributed by atoms with Gasteiger partial charge in [-0.3, -0.25) is 10.1 Å². The van der Waals surface area contributed by atoms with Crippen molar-refractivity contribution in [2.24, 2.45) is 0 Å². The molecular formula is C11H14N2O2S. The van der Waals surface area contributed by atoms with Crippen LogP contribution in [0.1, 0.15) is 29.8 Å². The Hall–Kier alpha value is -0.940. The smallest absolute Gasteiger partial charge is 0.255 e. The SMILES string of the molecule is O=C(Nc1nc2c(s1)CCC2)C1CCCO1. The Balaban J connectivity index is 1.67. The molecule has 0 bridgehead atoms. The molecule has 0 radical (unpaired) electrons. The normalized spacial score (nSPS) is 23.4. The molecule has 0 aromatic carbocycles. The minimum atomic E-state index is -0.265. The Bertz CT molecular complexity index is 389. The number of aryl methyl sites for hydroxylation is 2. The maximum Gasteiger partial charge on any atom is 0.255 e.